The molecule has 9 heteroatoms. The maximum Gasteiger partial charge on any atom is 0.257 e. The van der Waals surface area contributed by atoms with Crippen molar-refractivity contribution in [2.24, 2.45) is 5.92 Å². The van der Waals surface area contributed by atoms with E-state index in [1.54, 1.807) is 30.1 Å². The lowest BCUT2D eigenvalue weighted by molar-refractivity contribution is -0.134. The minimum Gasteiger partial charge on any atom is -0.490 e. The zero-order valence-electron chi connectivity index (χ0n) is 21.9. The van der Waals surface area contributed by atoms with E-state index in [9.17, 15) is 14.4 Å². The Balaban J connectivity index is 1.18. The smallest absolute Gasteiger partial charge is 0.257 e. The number of carbonyl (C=O) groups excluding carboxylic acids is 3. The number of fused-ring (bicyclic) bond motifs is 2. The monoisotopic (exact) mass is 539 g/mol. The van der Waals surface area contributed by atoms with Crippen LogP contribution in [-0.2, 0) is 20.7 Å². The van der Waals surface area contributed by atoms with Gasteiger partial charge in [-0.1, -0.05) is 25.3 Å². The number of nitrogens with one attached hydrogen (secondary N) is 2. The van der Waals surface area contributed by atoms with Gasteiger partial charge in [-0.25, -0.2) is 0 Å². The molecule has 3 amide bonds. The van der Waals surface area contributed by atoms with Crippen LogP contribution in [0.1, 0.15) is 66.6 Å². The van der Waals surface area contributed by atoms with Crippen LogP contribution in [0.4, 0.5) is 5.69 Å². The van der Waals surface area contributed by atoms with Crippen molar-refractivity contribution in [3.8, 4) is 5.75 Å². The number of hydrogen-bond donors (Lipinski definition) is 2. The predicted octanol–water partition coefficient (Wildman–Crippen LogP) is 4.40. The third-order valence-corrected chi connectivity index (χ3v) is 8.81. The Morgan fingerprint density at radius 3 is 2.71 bits per heavy atom. The van der Waals surface area contributed by atoms with Gasteiger partial charge in [-0.15, -0.1) is 11.3 Å². The highest BCUT2D eigenvalue weighted by Gasteiger charge is 2.39. The normalized spacial score (nSPS) is 23.9. The lowest BCUT2D eigenvalue weighted by atomic mass is 9.89. The Kier molecular flexibility index (Phi) is 8.64. The number of benzene rings is 1. The van der Waals surface area contributed by atoms with E-state index < -0.39 is 0 Å². The topological polar surface area (TPSA) is 97.0 Å². The fraction of sp³-hybridized carbons (Fsp3) is 0.552. The number of ether oxygens (including phenoxy) is 2. The van der Waals surface area contributed by atoms with E-state index in [0.717, 1.165) is 17.8 Å². The first kappa shape index (κ1) is 26.7. The zero-order chi connectivity index (χ0) is 26.5. The van der Waals surface area contributed by atoms with Crippen LogP contribution in [-0.4, -0.2) is 61.1 Å². The second-order valence-electron chi connectivity index (χ2n) is 10.7. The molecule has 0 bridgehead atoms. The van der Waals surface area contributed by atoms with Crippen LogP contribution in [0.15, 0.2) is 35.7 Å². The van der Waals surface area contributed by atoms with Crippen molar-refractivity contribution in [3.63, 3.8) is 0 Å². The van der Waals surface area contributed by atoms with Crippen molar-refractivity contribution < 1.29 is 23.9 Å². The summed E-state index contributed by atoms with van der Waals surface area (Å²) in [5.74, 6) is 0.797. The molecule has 2 aliphatic heterocycles. The Labute approximate surface area is 228 Å². The third kappa shape index (κ3) is 6.56. The molecule has 3 atom stereocenters. The summed E-state index contributed by atoms with van der Waals surface area (Å²) >= 11 is 1.54. The number of likely N-dealkylation sites (N-methyl/N-ethyl adjacent to an activating group) is 1. The molecule has 1 saturated carbocycles. The summed E-state index contributed by atoms with van der Waals surface area (Å²) in [7, 11) is 1.79. The second kappa shape index (κ2) is 12.3. The maximum absolute atomic E-state index is 13.4. The fourth-order valence-electron chi connectivity index (χ4n) is 5.81. The zero-order valence-corrected chi connectivity index (χ0v) is 22.8. The van der Waals surface area contributed by atoms with Gasteiger partial charge in [0.05, 0.1) is 30.6 Å². The molecule has 1 saturated heterocycles. The van der Waals surface area contributed by atoms with Gasteiger partial charge in [-0.2, -0.15) is 0 Å². The standard InChI is InChI=1S/C29H37N3O5S/c1-32-24-11-10-21(15-27(33)30-17-19-6-3-2-4-7-19)37-26(24)18-36-25-12-9-20(14-23(25)29(32)35)31-28(34)16-22-8-5-13-38-22/h5,8-9,12-14,19,21,24,26H,2-4,6-7,10-11,15-18H2,1H3,(H,30,33)(H,31,34)/t21-,24+,26+/m0/s1. The first-order valence-electron chi connectivity index (χ1n) is 13.7. The molecule has 3 heterocycles. The highest BCUT2D eigenvalue weighted by molar-refractivity contribution is 7.10. The summed E-state index contributed by atoms with van der Waals surface area (Å²) in [5, 5.41) is 7.94. The maximum atomic E-state index is 13.4. The van der Waals surface area contributed by atoms with E-state index in [1.807, 2.05) is 17.5 Å². The average Bonchev–Trinajstić information content (AvgIpc) is 3.43. The number of rotatable bonds is 7. The molecule has 38 heavy (non-hydrogen) atoms. The minimum absolute atomic E-state index is 0.0363. The Morgan fingerprint density at radius 1 is 1.08 bits per heavy atom. The number of anilines is 1. The lowest BCUT2D eigenvalue weighted by Crippen LogP contribution is -2.54. The average molecular weight is 540 g/mol. The number of thiophene rings is 1. The molecule has 5 rings (SSSR count). The summed E-state index contributed by atoms with van der Waals surface area (Å²) < 4.78 is 12.4. The van der Waals surface area contributed by atoms with Crippen LogP contribution < -0.4 is 15.4 Å². The first-order chi connectivity index (χ1) is 18.5. The summed E-state index contributed by atoms with van der Waals surface area (Å²) in [5.41, 5.74) is 0.982. The number of amides is 3. The SMILES string of the molecule is CN1C(=O)c2cc(NC(=O)Cc3cccs3)ccc2OC[C@H]2O[C@H](CC(=O)NCC3CCCCC3)CC[C@H]21. The molecule has 3 aliphatic rings. The van der Waals surface area contributed by atoms with Gasteiger partial charge in [0.15, 0.2) is 0 Å². The van der Waals surface area contributed by atoms with Crippen LogP contribution >= 0.6 is 11.3 Å². The number of carbonyl (C=O) groups is 3. The van der Waals surface area contributed by atoms with Gasteiger partial charge in [0.2, 0.25) is 11.8 Å². The van der Waals surface area contributed by atoms with Gasteiger partial charge in [-0.05, 0) is 61.2 Å². The van der Waals surface area contributed by atoms with Gasteiger partial charge in [0.1, 0.15) is 18.5 Å². The second-order valence-corrected chi connectivity index (χ2v) is 11.7. The molecule has 8 nitrogen and oxygen atoms in total. The Morgan fingerprint density at radius 2 is 1.92 bits per heavy atom. The van der Waals surface area contributed by atoms with Crippen molar-refractivity contribution in [1.82, 2.24) is 10.2 Å². The molecule has 0 unspecified atom stereocenters. The number of nitrogens with zero attached hydrogens (tertiary/aromatic N) is 1. The van der Waals surface area contributed by atoms with Crippen LogP contribution in [0.3, 0.4) is 0 Å². The van der Waals surface area contributed by atoms with E-state index in [2.05, 4.69) is 10.6 Å². The molecule has 0 radical (unpaired) electrons. The van der Waals surface area contributed by atoms with Crippen molar-refractivity contribution >= 4 is 34.7 Å². The number of hydrogen-bond acceptors (Lipinski definition) is 6. The Bertz CT molecular complexity index is 1130. The van der Waals surface area contributed by atoms with E-state index in [0.29, 0.717) is 48.8 Å². The summed E-state index contributed by atoms with van der Waals surface area (Å²) in [6.07, 6.45) is 7.80. The van der Waals surface area contributed by atoms with Crippen LogP contribution in [0, 0.1) is 5.92 Å². The van der Waals surface area contributed by atoms with E-state index in [-0.39, 0.29) is 36.0 Å². The van der Waals surface area contributed by atoms with E-state index in [1.165, 1.54) is 43.4 Å². The lowest BCUT2D eigenvalue weighted by Gasteiger charge is -2.42. The highest BCUT2D eigenvalue weighted by atomic mass is 32.1. The largest absolute Gasteiger partial charge is 0.490 e. The first-order valence-corrected chi connectivity index (χ1v) is 14.6. The summed E-state index contributed by atoms with van der Waals surface area (Å²) in [6.45, 7) is 1.05. The van der Waals surface area contributed by atoms with Gasteiger partial charge in [0, 0.05) is 24.2 Å². The van der Waals surface area contributed by atoms with Gasteiger partial charge < -0.3 is 25.0 Å². The van der Waals surface area contributed by atoms with Crippen LogP contribution in [0.2, 0.25) is 0 Å². The fourth-order valence-corrected chi connectivity index (χ4v) is 6.51. The molecule has 204 valence electrons. The third-order valence-electron chi connectivity index (χ3n) is 7.94. The van der Waals surface area contributed by atoms with Gasteiger partial charge in [-0.3, -0.25) is 14.4 Å². The van der Waals surface area contributed by atoms with Crippen molar-refractivity contribution in [1.29, 1.82) is 0 Å². The molecule has 2 aromatic rings. The molecule has 2 N–H and O–H groups in total. The van der Waals surface area contributed by atoms with Crippen molar-refractivity contribution in [2.45, 2.75) is 76.0 Å². The quantitative estimate of drug-likeness (QED) is 0.544. The van der Waals surface area contributed by atoms with Gasteiger partial charge in [0.25, 0.3) is 5.91 Å². The van der Waals surface area contributed by atoms with E-state index >= 15 is 0 Å². The van der Waals surface area contributed by atoms with E-state index in [4.69, 9.17) is 9.47 Å². The predicted molar refractivity (Wildman–Crippen MR) is 147 cm³/mol. The molecule has 1 aromatic heterocycles. The molecule has 0 spiro atoms. The van der Waals surface area contributed by atoms with Crippen molar-refractivity contribution in [3.05, 3.63) is 46.2 Å². The molecule has 1 aliphatic carbocycles. The van der Waals surface area contributed by atoms with Gasteiger partial charge >= 0.3 is 0 Å². The summed E-state index contributed by atoms with van der Waals surface area (Å²) in [6, 6.07) is 8.86. The molecule has 2 fully saturated rings. The van der Waals surface area contributed by atoms with Crippen LogP contribution in [0.5, 0.6) is 5.75 Å². The summed E-state index contributed by atoms with van der Waals surface area (Å²) in [4.78, 5) is 41.2. The minimum atomic E-state index is -0.313. The highest BCUT2D eigenvalue weighted by Crippen LogP contribution is 2.32. The molecule has 1 aromatic carbocycles. The van der Waals surface area contributed by atoms with Crippen LogP contribution in [0.25, 0.3) is 0 Å². The van der Waals surface area contributed by atoms with Crippen molar-refractivity contribution in [2.75, 3.05) is 25.5 Å². The molecular formula is C29H37N3O5S. The molecular weight excluding hydrogens is 502 g/mol. The Hall–Kier alpha value is -2.91.